The van der Waals surface area contributed by atoms with Crippen molar-refractivity contribution in [2.75, 3.05) is 37.7 Å². The van der Waals surface area contributed by atoms with Gasteiger partial charge < -0.3 is 24.8 Å². The van der Waals surface area contributed by atoms with Gasteiger partial charge >= 0.3 is 6.01 Å². The molecule has 4 saturated heterocycles. The largest absolute Gasteiger partial charge is 0.508 e. The maximum absolute atomic E-state index is 16.9. The average molecular weight is 638 g/mol. The fourth-order valence-corrected chi connectivity index (χ4v) is 8.10. The van der Waals surface area contributed by atoms with Crippen LogP contribution in [-0.4, -0.2) is 83.0 Å². The topological polar surface area (TPSA) is 100 Å². The first kappa shape index (κ1) is 29.2. The zero-order chi connectivity index (χ0) is 31.7. The van der Waals surface area contributed by atoms with Crippen molar-refractivity contribution in [3.05, 3.63) is 47.8 Å². The third-order valence-corrected chi connectivity index (χ3v) is 10.0. The predicted octanol–water partition coefficient (Wildman–Crippen LogP) is 5.00. The average Bonchev–Trinajstić information content (AvgIpc) is 3.68. The molecule has 0 saturated carbocycles. The van der Waals surface area contributed by atoms with E-state index in [1.807, 2.05) is 4.90 Å². The lowest BCUT2D eigenvalue weighted by Crippen LogP contribution is -2.51. The van der Waals surface area contributed by atoms with Gasteiger partial charge in [-0.25, -0.2) is 17.6 Å². The van der Waals surface area contributed by atoms with E-state index in [1.165, 1.54) is 18.2 Å². The summed E-state index contributed by atoms with van der Waals surface area (Å²) in [6.07, 6.45) is 2.75. The standard InChI is InChI=1S/C33H31F4N5O4/c34-18-11-33(7-2-8-42(33)12-18)15-45-32-39-29-26(31(40-32)41-13-19-5-6-20(14-41)38-19)30(46-16-43)28(37)25(27(29)36)22-10-21(44)9-17-3-1-4-23(35)24(17)22/h1,3-4,9-10,16,18-20,38,44H,2,5-8,11-15H2/t18-,19?,20?,33+/m1/s1. The monoisotopic (exact) mass is 637 g/mol. The number of anilines is 1. The molecule has 8 rings (SSSR count). The third kappa shape index (κ3) is 4.62. The summed E-state index contributed by atoms with van der Waals surface area (Å²) >= 11 is 0. The summed E-state index contributed by atoms with van der Waals surface area (Å²) in [6.45, 7) is 2.09. The number of alkyl halides is 1. The summed E-state index contributed by atoms with van der Waals surface area (Å²) in [4.78, 5) is 24.7. The van der Waals surface area contributed by atoms with Gasteiger partial charge in [-0.2, -0.15) is 9.97 Å². The van der Waals surface area contributed by atoms with Gasteiger partial charge in [0, 0.05) is 49.1 Å². The first-order valence-electron chi connectivity index (χ1n) is 15.5. The zero-order valence-electron chi connectivity index (χ0n) is 24.7. The molecule has 9 nitrogen and oxygen atoms in total. The number of phenols is 1. The maximum Gasteiger partial charge on any atom is 0.319 e. The molecule has 4 fully saturated rings. The number of aromatic nitrogens is 2. The van der Waals surface area contributed by atoms with Crippen molar-refractivity contribution in [2.24, 2.45) is 0 Å². The van der Waals surface area contributed by atoms with Crippen molar-refractivity contribution in [3.63, 3.8) is 0 Å². The second-order valence-electron chi connectivity index (χ2n) is 12.8. The number of hydrogen-bond acceptors (Lipinski definition) is 9. The van der Waals surface area contributed by atoms with Gasteiger partial charge in [-0.3, -0.25) is 9.69 Å². The van der Waals surface area contributed by atoms with Crippen molar-refractivity contribution in [1.29, 1.82) is 0 Å². The van der Waals surface area contributed by atoms with E-state index in [2.05, 4.69) is 20.2 Å². The van der Waals surface area contributed by atoms with Crippen LogP contribution in [-0.2, 0) is 4.79 Å². The number of hydrogen-bond donors (Lipinski definition) is 2. The number of rotatable bonds is 7. The molecular formula is C33H31F4N5O4. The highest BCUT2D eigenvalue weighted by Gasteiger charge is 2.49. The van der Waals surface area contributed by atoms with Crippen molar-refractivity contribution >= 4 is 34.0 Å². The molecule has 46 heavy (non-hydrogen) atoms. The van der Waals surface area contributed by atoms with E-state index in [1.54, 1.807) is 0 Å². The fraction of sp³-hybridized carbons (Fsp3) is 0.424. The van der Waals surface area contributed by atoms with E-state index in [4.69, 9.17) is 9.47 Å². The second-order valence-corrected chi connectivity index (χ2v) is 12.8. The van der Waals surface area contributed by atoms with E-state index in [-0.39, 0.29) is 64.5 Å². The Morgan fingerprint density at radius 2 is 1.87 bits per heavy atom. The summed E-state index contributed by atoms with van der Waals surface area (Å²) in [7, 11) is 0. The van der Waals surface area contributed by atoms with E-state index >= 15 is 13.2 Å². The van der Waals surface area contributed by atoms with Crippen LogP contribution in [0, 0.1) is 17.5 Å². The molecule has 0 aliphatic carbocycles. The van der Waals surface area contributed by atoms with Gasteiger partial charge in [0.15, 0.2) is 17.4 Å². The Balaban J connectivity index is 1.35. The Morgan fingerprint density at radius 3 is 2.65 bits per heavy atom. The number of piperazine rings is 1. The minimum absolute atomic E-state index is 0.0254. The van der Waals surface area contributed by atoms with Crippen LogP contribution >= 0.6 is 0 Å². The van der Waals surface area contributed by atoms with Crippen molar-refractivity contribution < 1.29 is 36.9 Å². The molecule has 1 aromatic heterocycles. The zero-order valence-corrected chi connectivity index (χ0v) is 24.7. The van der Waals surface area contributed by atoms with Gasteiger partial charge in [-0.15, -0.1) is 0 Å². The fourth-order valence-electron chi connectivity index (χ4n) is 8.10. The number of aromatic hydroxyl groups is 1. The molecule has 2 bridgehead atoms. The summed E-state index contributed by atoms with van der Waals surface area (Å²) in [5.41, 5.74) is -1.96. The number of nitrogens with zero attached hydrogens (tertiary/aromatic N) is 4. The lowest BCUT2D eigenvalue weighted by molar-refractivity contribution is -0.120. The van der Waals surface area contributed by atoms with Gasteiger partial charge in [-0.05, 0) is 55.8 Å². The first-order valence-corrected chi connectivity index (χ1v) is 15.5. The molecule has 4 aliphatic rings. The van der Waals surface area contributed by atoms with Crippen LogP contribution in [0.15, 0.2) is 30.3 Å². The molecule has 0 radical (unpaired) electrons. The second kappa shape index (κ2) is 10.9. The van der Waals surface area contributed by atoms with Crippen LogP contribution in [0.1, 0.15) is 32.1 Å². The summed E-state index contributed by atoms with van der Waals surface area (Å²) in [6, 6.07) is 6.43. The van der Waals surface area contributed by atoms with Gasteiger partial charge in [-0.1, -0.05) is 12.1 Å². The van der Waals surface area contributed by atoms with Gasteiger partial charge in [0.25, 0.3) is 6.47 Å². The van der Waals surface area contributed by atoms with Gasteiger partial charge in [0.1, 0.15) is 35.7 Å². The van der Waals surface area contributed by atoms with Crippen LogP contribution in [0.25, 0.3) is 32.8 Å². The number of phenolic OH excluding ortho intramolecular Hbond substituents is 1. The summed E-state index contributed by atoms with van der Waals surface area (Å²) in [5, 5.41) is 13.9. The Hall–Kier alpha value is -4.23. The number of ether oxygens (including phenoxy) is 2. The summed E-state index contributed by atoms with van der Waals surface area (Å²) < 4.78 is 74.5. The lowest BCUT2D eigenvalue weighted by atomic mass is 9.94. The number of halogens is 4. The molecule has 4 aromatic rings. The number of benzene rings is 3. The number of nitrogens with one attached hydrogen (secondary N) is 1. The Kier molecular flexibility index (Phi) is 6.94. The van der Waals surface area contributed by atoms with E-state index in [0.717, 1.165) is 44.4 Å². The van der Waals surface area contributed by atoms with E-state index < -0.39 is 46.0 Å². The van der Waals surface area contributed by atoms with Gasteiger partial charge in [0.05, 0.1) is 16.5 Å². The highest BCUT2D eigenvalue weighted by atomic mass is 19.1. The quantitative estimate of drug-likeness (QED) is 0.214. The van der Waals surface area contributed by atoms with Crippen LogP contribution < -0.4 is 19.7 Å². The minimum Gasteiger partial charge on any atom is -0.508 e. The van der Waals surface area contributed by atoms with Crippen LogP contribution in [0.2, 0.25) is 0 Å². The molecular weight excluding hydrogens is 606 g/mol. The highest BCUT2D eigenvalue weighted by Crippen LogP contribution is 2.47. The number of carbonyl (C=O) groups is 1. The molecule has 2 unspecified atom stereocenters. The number of fused-ring (bicyclic) bond motifs is 5. The van der Waals surface area contributed by atoms with Crippen molar-refractivity contribution in [3.8, 4) is 28.6 Å². The van der Waals surface area contributed by atoms with Crippen molar-refractivity contribution in [2.45, 2.75) is 55.9 Å². The van der Waals surface area contributed by atoms with Crippen LogP contribution in [0.3, 0.4) is 0 Å². The maximum atomic E-state index is 16.9. The molecule has 3 aromatic carbocycles. The molecule has 4 aliphatic heterocycles. The lowest BCUT2D eigenvalue weighted by Gasteiger charge is -2.35. The molecule has 240 valence electrons. The van der Waals surface area contributed by atoms with E-state index in [9.17, 15) is 14.3 Å². The highest BCUT2D eigenvalue weighted by molar-refractivity contribution is 6.04. The molecule has 0 spiro atoms. The molecule has 13 heteroatoms. The Morgan fingerprint density at radius 1 is 1.07 bits per heavy atom. The van der Waals surface area contributed by atoms with Crippen molar-refractivity contribution in [1.82, 2.24) is 20.2 Å². The predicted molar refractivity (Wildman–Crippen MR) is 161 cm³/mol. The third-order valence-electron chi connectivity index (χ3n) is 10.0. The SMILES string of the molecule is O=COc1c(F)c(-c2cc(O)cc3cccc(F)c23)c(F)c2nc(OC[C@@]34CCCN3C[C@H](F)C4)nc(N3CC4CCC(C3)N4)c12. The molecule has 2 N–H and O–H groups in total. The Labute approximate surface area is 261 Å². The van der Waals surface area contributed by atoms with Gasteiger partial charge in [0.2, 0.25) is 0 Å². The molecule has 4 atom stereocenters. The van der Waals surface area contributed by atoms with E-state index in [0.29, 0.717) is 26.1 Å². The normalized spacial score (nSPS) is 25.8. The Bertz CT molecular complexity index is 1880. The first-order chi connectivity index (χ1) is 22.2. The number of carbonyl (C=O) groups excluding carboxylic acids is 1. The molecule has 5 heterocycles. The van der Waals surface area contributed by atoms with Crippen LogP contribution in [0.5, 0.6) is 17.5 Å². The minimum atomic E-state index is -1.27. The smallest absolute Gasteiger partial charge is 0.319 e. The molecule has 0 amide bonds. The summed E-state index contributed by atoms with van der Waals surface area (Å²) in [5.74, 6) is -4.06. The van der Waals surface area contributed by atoms with Crippen LogP contribution in [0.4, 0.5) is 23.4 Å².